The van der Waals surface area contributed by atoms with Crippen molar-refractivity contribution in [2.75, 3.05) is 5.32 Å². The predicted molar refractivity (Wildman–Crippen MR) is 87.1 cm³/mol. The van der Waals surface area contributed by atoms with Crippen LogP contribution in [-0.4, -0.2) is 11.8 Å². The molecule has 21 heavy (non-hydrogen) atoms. The largest absolute Gasteiger partial charge is 0.366 e. The van der Waals surface area contributed by atoms with Crippen molar-refractivity contribution in [1.82, 2.24) is 0 Å². The van der Waals surface area contributed by atoms with E-state index in [2.05, 4.69) is 21.2 Å². The number of halogens is 3. The van der Waals surface area contributed by atoms with E-state index < -0.39 is 5.91 Å². The molecular weight excluding hydrogens is 379 g/mol. The molecule has 2 amide bonds. The minimum atomic E-state index is -0.628. The van der Waals surface area contributed by atoms with Crippen LogP contribution in [0.1, 0.15) is 20.7 Å². The number of hydrogen-bond donors (Lipinski definition) is 2. The molecule has 0 atom stereocenters. The molecule has 7 heteroatoms. The normalized spacial score (nSPS) is 10.2. The van der Waals surface area contributed by atoms with Crippen LogP contribution in [-0.2, 0) is 0 Å². The molecule has 4 nitrogen and oxygen atoms in total. The Morgan fingerprint density at radius 3 is 2.38 bits per heavy atom. The Hall–Kier alpha value is -1.56. The van der Waals surface area contributed by atoms with E-state index in [4.69, 9.17) is 28.9 Å². The van der Waals surface area contributed by atoms with Crippen LogP contribution in [0, 0.1) is 0 Å². The van der Waals surface area contributed by atoms with Gasteiger partial charge >= 0.3 is 0 Å². The number of nitrogens with one attached hydrogen (secondary N) is 1. The highest BCUT2D eigenvalue weighted by molar-refractivity contribution is 9.10. The summed E-state index contributed by atoms with van der Waals surface area (Å²) in [7, 11) is 0. The van der Waals surface area contributed by atoms with E-state index in [0.29, 0.717) is 20.7 Å². The zero-order valence-electron chi connectivity index (χ0n) is 10.5. The van der Waals surface area contributed by atoms with E-state index >= 15 is 0 Å². The summed E-state index contributed by atoms with van der Waals surface area (Å²) in [6, 6.07) is 9.31. The average molecular weight is 388 g/mol. The number of rotatable bonds is 3. The molecule has 3 N–H and O–H groups in total. The fourth-order valence-corrected chi connectivity index (χ4v) is 2.81. The summed E-state index contributed by atoms with van der Waals surface area (Å²) in [4.78, 5) is 23.2. The van der Waals surface area contributed by atoms with E-state index in [9.17, 15) is 9.59 Å². The van der Waals surface area contributed by atoms with Crippen molar-refractivity contribution in [1.29, 1.82) is 0 Å². The molecule has 2 aromatic carbocycles. The van der Waals surface area contributed by atoms with Gasteiger partial charge in [-0.1, -0.05) is 39.1 Å². The van der Waals surface area contributed by atoms with Crippen molar-refractivity contribution in [2.24, 2.45) is 5.73 Å². The van der Waals surface area contributed by atoms with Gasteiger partial charge in [-0.15, -0.1) is 0 Å². The van der Waals surface area contributed by atoms with Gasteiger partial charge in [0.05, 0.1) is 10.6 Å². The maximum atomic E-state index is 12.1. The first-order valence-corrected chi connectivity index (χ1v) is 7.28. The molecule has 0 radical (unpaired) electrons. The van der Waals surface area contributed by atoms with Crippen molar-refractivity contribution in [3.8, 4) is 0 Å². The molecule has 0 aliphatic heterocycles. The lowest BCUT2D eigenvalue weighted by molar-refractivity contribution is 0.0998. The third-order valence-electron chi connectivity index (χ3n) is 2.62. The van der Waals surface area contributed by atoms with E-state index in [-0.39, 0.29) is 16.5 Å². The smallest absolute Gasteiger partial charge is 0.255 e. The Kier molecular flexibility index (Phi) is 4.88. The zero-order valence-corrected chi connectivity index (χ0v) is 13.6. The molecule has 0 aliphatic rings. The first-order valence-electron chi connectivity index (χ1n) is 5.73. The molecule has 2 rings (SSSR count). The first-order chi connectivity index (χ1) is 9.86. The van der Waals surface area contributed by atoms with Crippen LogP contribution in [0.5, 0.6) is 0 Å². The molecule has 0 saturated carbocycles. The van der Waals surface area contributed by atoms with E-state index in [1.54, 1.807) is 24.3 Å². The lowest BCUT2D eigenvalue weighted by Gasteiger charge is -2.08. The summed E-state index contributed by atoms with van der Waals surface area (Å²) in [5.41, 5.74) is 6.20. The average Bonchev–Trinajstić information content (AvgIpc) is 2.37. The molecule has 0 aromatic heterocycles. The van der Waals surface area contributed by atoms with Gasteiger partial charge in [0.2, 0.25) is 5.91 Å². The van der Waals surface area contributed by atoms with Crippen molar-refractivity contribution in [3.63, 3.8) is 0 Å². The number of nitrogens with two attached hydrogens (primary N) is 1. The lowest BCUT2D eigenvalue weighted by Crippen LogP contribution is -2.14. The number of hydrogen-bond acceptors (Lipinski definition) is 2. The third kappa shape index (κ3) is 3.97. The third-order valence-corrected chi connectivity index (χ3v) is 3.61. The Morgan fingerprint density at radius 1 is 1.10 bits per heavy atom. The fraction of sp³-hybridized carbons (Fsp3) is 0. The number of benzene rings is 2. The minimum absolute atomic E-state index is 0.174. The van der Waals surface area contributed by atoms with Gasteiger partial charge in [0.25, 0.3) is 5.91 Å². The second kappa shape index (κ2) is 6.47. The van der Waals surface area contributed by atoms with E-state index in [1.165, 1.54) is 12.1 Å². The number of primary amides is 1. The van der Waals surface area contributed by atoms with Crippen molar-refractivity contribution < 1.29 is 9.59 Å². The maximum Gasteiger partial charge on any atom is 0.255 e. The summed E-state index contributed by atoms with van der Waals surface area (Å²) < 4.78 is 0.697. The maximum absolute atomic E-state index is 12.1. The summed E-state index contributed by atoms with van der Waals surface area (Å²) in [6.45, 7) is 0. The van der Waals surface area contributed by atoms with E-state index in [0.717, 1.165) is 0 Å². The second-order valence-electron chi connectivity index (χ2n) is 4.17. The van der Waals surface area contributed by atoms with Gasteiger partial charge in [-0.3, -0.25) is 9.59 Å². The number of carbonyl (C=O) groups excluding carboxylic acids is 2. The number of anilines is 1. The second-order valence-corrected chi connectivity index (χ2v) is 5.93. The Morgan fingerprint density at radius 2 is 1.81 bits per heavy atom. The Bertz CT molecular complexity index is 715. The summed E-state index contributed by atoms with van der Waals surface area (Å²) >= 11 is 15.1. The number of carbonyl (C=O) groups is 2. The topological polar surface area (TPSA) is 72.2 Å². The SMILES string of the molecule is NC(=O)c1ccc(NC(=O)c2cc(Cl)cc(Br)c2)cc1Cl. The highest BCUT2D eigenvalue weighted by Gasteiger charge is 2.11. The summed E-state index contributed by atoms with van der Waals surface area (Å²) in [6.07, 6.45) is 0. The zero-order chi connectivity index (χ0) is 15.6. The standard InChI is InChI=1S/C14H9BrCl2N2O2/c15-8-3-7(4-9(16)5-8)14(21)19-10-1-2-11(13(18)20)12(17)6-10/h1-6H,(H2,18,20)(H,19,21). The summed E-state index contributed by atoms with van der Waals surface area (Å²) in [5.74, 6) is -0.974. The Labute approximate surface area is 139 Å². The molecule has 0 heterocycles. The van der Waals surface area contributed by atoms with E-state index in [1.807, 2.05) is 0 Å². The van der Waals surface area contributed by atoms with Crippen LogP contribution in [0.3, 0.4) is 0 Å². The summed E-state index contributed by atoms with van der Waals surface area (Å²) in [5, 5.41) is 3.28. The van der Waals surface area contributed by atoms with Crippen LogP contribution in [0.15, 0.2) is 40.9 Å². The molecular formula is C14H9BrCl2N2O2. The quantitative estimate of drug-likeness (QED) is 0.831. The van der Waals surface area contributed by atoms with Gasteiger partial charge in [0.15, 0.2) is 0 Å². The van der Waals surface area contributed by atoms with Crippen LogP contribution >= 0.6 is 39.1 Å². The Balaban J connectivity index is 2.23. The van der Waals surface area contributed by atoms with Crippen molar-refractivity contribution in [2.45, 2.75) is 0 Å². The van der Waals surface area contributed by atoms with Gasteiger partial charge in [-0.25, -0.2) is 0 Å². The molecule has 2 aromatic rings. The lowest BCUT2D eigenvalue weighted by atomic mass is 10.1. The molecule has 0 unspecified atom stereocenters. The van der Waals surface area contributed by atoms with Gasteiger partial charge < -0.3 is 11.1 Å². The molecule has 0 saturated heterocycles. The predicted octanol–water partition coefficient (Wildman–Crippen LogP) is 4.11. The van der Waals surface area contributed by atoms with Gasteiger partial charge in [0, 0.05) is 20.7 Å². The molecule has 0 spiro atoms. The monoisotopic (exact) mass is 386 g/mol. The fourth-order valence-electron chi connectivity index (χ4n) is 1.68. The van der Waals surface area contributed by atoms with Crippen molar-refractivity contribution in [3.05, 3.63) is 62.0 Å². The number of amides is 2. The van der Waals surface area contributed by atoms with Crippen LogP contribution < -0.4 is 11.1 Å². The minimum Gasteiger partial charge on any atom is -0.366 e. The van der Waals surface area contributed by atoms with Crippen LogP contribution in [0.4, 0.5) is 5.69 Å². The van der Waals surface area contributed by atoms with Crippen LogP contribution in [0.25, 0.3) is 0 Å². The first kappa shape index (κ1) is 15.8. The highest BCUT2D eigenvalue weighted by Crippen LogP contribution is 2.23. The molecule has 0 aliphatic carbocycles. The molecule has 0 fully saturated rings. The van der Waals surface area contributed by atoms with Gasteiger partial charge in [-0.2, -0.15) is 0 Å². The van der Waals surface area contributed by atoms with Crippen LogP contribution in [0.2, 0.25) is 10.0 Å². The highest BCUT2D eigenvalue weighted by atomic mass is 79.9. The van der Waals surface area contributed by atoms with Gasteiger partial charge in [0.1, 0.15) is 0 Å². The van der Waals surface area contributed by atoms with Crippen molar-refractivity contribution >= 4 is 56.6 Å². The molecule has 108 valence electrons. The van der Waals surface area contributed by atoms with Gasteiger partial charge in [-0.05, 0) is 36.4 Å². The molecule has 0 bridgehead atoms.